The van der Waals surface area contributed by atoms with E-state index in [1.165, 1.54) is 11.1 Å². The van der Waals surface area contributed by atoms with Crippen LogP contribution in [0.25, 0.3) is 0 Å². The molecule has 4 nitrogen and oxygen atoms in total. The molecule has 0 spiro atoms. The van der Waals surface area contributed by atoms with Crippen LogP contribution in [0.1, 0.15) is 24.1 Å². The van der Waals surface area contributed by atoms with Gasteiger partial charge in [-0.15, -0.1) is 0 Å². The number of benzene rings is 1. The number of nitrogens with two attached hydrogens (primary N) is 1. The van der Waals surface area contributed by atoms with Crippen LogP contribution in [0.5, 0.6) is 0 Å². The fourth-order valence-electron chi connectivity index (χ4n) is 2.36. The summed E-state index contributed by atoms with van der Waals surface area (Å²) in [5, 5.41) is 2.22. The lowest BCUT2D eigenvalue weighted by Gasteiger charge is -2.32. The first-order chi connectivity index (χ1) is 8.85. The zero-order valence-electron chi connectivity index (χ0n) is 11.1. The number of aryl methyl sites for hydroxylation is 1. The van der Waals surface area contributed by atoms with Crippen LogP contribution in [0.3, 0.4) is 0 Å². The Kier molecular flexibility index (Phi) is 5.13. The van der Waals surface area contributed by atoms with Gasteiger partial charge in [0.05, 0.1) is 19.3 Å². The Morgan fingerprint density at radius 2 is 2.06 bits per heavy atom. The second-order valence-electron chi connectivity index (χ2n) is 4.57. The molecule has 1 fully saturated rings. The quantitative estimate of drug-likeness (QED) is 0.820. The van der Waals surface area contributed by atoms with Crippen LogP contribution in [0.15, 0.2) is 24.3 Å². The number of hydrogen-bond acceptors (Lipinski definition) is 4. The number of hydrogen-bond donors (Lipinski definition) is 2. The Bertz CT molecular complexity index is 364. The molecule has 1 aromatic rings. The Hall–Kier alpha value is -0.940. The number of nitrogens with one attached hydrogen (secondary N) is 1. The Morgan fingerprint density at radius 1 is 1.33 bits per heavy atom. The summed E-state index contributed by atoms with van der Waals surface area (Å²) in [5.74, 6) is 0. The molecule has 3 N–H and O–H groups in total. The third-order valence-electron chi connectivity index (χ3n) is 3.40. The molecule has 1 unspecified atom stereocenters. The van der Waals surface area contributed by atoms with E-state index in [1.54, 1.807) is 0 Å². The standard InChI is InChI=1S/C14H23N3O/c1-2-12-5-3-4-6-13(12)14(11-15)16-17-7-9-18-10-8-17/h3-6,14,16H,2,7-11,15H2,1H3. The maximum Gasteiger partial charge on any atom is 0.0608 e. The summed E-state index contributed by atoms with van der Waals surface area (Å²) in [4.78, 5) is 0. The van der Waals surface area contributed by atoms with E-state index in [0.717, 1.165) is 32.7 Å². The molecule has 100 valence electrons. The van der Waals surface area contributed by atoms with Crippen molar-refractivity contribution in [2.45, 2.75) is 19.4 Å². The van der Waals surface area contributed by atoms with Gasteiger partial charge in [0.2, 0.25) is 0 Å². The van der Waals surface area contributed by atoms with Gasteiger partial charge in [0.25, 0.3) is 0 Å². The molecule has 18 heavy (non-hydrogen) atoms. The molecule has 1 heterocycles. The van der Waals surface area contributed by atoms with Crippen molar-refractivity contribution in [3.05, 3.63) is 35.4 Å². The highest BCUT2D eigenvalue weighted by atomic mass is 16.5. The number of rotatable bonds is 5. The van der Waals surface area contributed by atoms with E-state index < -0.39 is 0 Å². The summed E-state index contributed by atoms with van der Waals surface area (Å²) in [5.41, 5.74) is 12.1. The summed E-state index contributed by atoms with van der Waals surface area (Å²) < 4.78 is 5.35. The molecule has 0 saturated carbocycles. The summed E-state index contributed by atoms with van der Waals surface area (Å²) in [6, 6.07) is 8.71. The zero-order valence-corrected chi connectivity index (χ0v) is 11.1. The highest BCUT2D eigenvalue weighted by molar-refractivity contribution is 5.30. The van der Waals surface area contributed by atoms with E-state index in [1.807, 2.05) is 0 Å². The topological polar surface area (TPSA) is 50.5 Å². The average molecular weight is 249 g/mol. The van der Waals surface area contributed by atoms with E-state index in [0.29, 0.717) is 6.54 Å². The fraction of sp³-hybridized carbons (Fsp3) is 0.571. The maximum atomic E-state index is 5.93. The summed E-state index contributed by atoms with van der Waals surface area (Å²) in [6.45, 7) is 6.21. The van der Waals surface area contributed by atoms with Gasteiger partial charge in [0.15, 0.2) is 0 Å². The van der Waals surface area contributed by atoms with Gasteiger partial charge in [-0.1, -0.05) is 31.2 Å². The second kappa shape index (κ2) is 6.85. The minimum absolute atomic E-state index is 0.194. The average Bonchev–Trinajstić information content (AvgIpc) is 2.46. The van der Waals surface area contributed by atoms with Crippen LogP contribution in [-0.2, 0) is 11.2 Å². The van der Waals surface area contributed by atoms with Gasteiger partial charge in [0.1, 0.15) is 0 Å². The van der Waals surface area contributed by atoms with Crippen LogP contribution in [0.2, 0.25) is 0 Å². The van der Waals surface area contributed by atoms with Crippen molar-refractivity contribution in [1.82, 2.24) is 10.4 Å². The van der Waals surface area contributed by atoms with E-state index in [9.17, 15) is 0 Å². The maximum absolute atomic E-state index is 5.93. The summed E-state index contributed by atoms with van der Waals surface area (Å²) in [6.07, 6.45) is 1.04. The first-order valence-electron chi connectivity index (χ1n) is 6.72. The normalized spacial score (nSPS) is 18.8. The third-order valence-corrected chi connectivity index (χ3v) is 3.40. The van der Waals surface area contributed by atoms with Crippen molar-refractivity contribution >= 4 is 0 Å². The predicted molar refractivity (Wildman–Crippen MR) is 73.1 cm³/mol. The Labute approximate surface area is 109 Å². The van der Waals surface area contributed by atoms with Crippen molar-refractivity contribution in [3.63, 3.8) is 0 Å². The van der Waals surface area contributed by atoms with E-state index >= 15 is 0 Å². The molecule has 1 aromatic carbocycles. The van der Waals surface area contributed by atoms with Crippen molar-refractivity contribution < 1.29 is 4.74 Å². The van der Waals surface area contributed by atoms with Gasteiger partial charge < -0.3 is 10.5 Å². The van der Waals surface area contributed by atoms with Crippen molar-refractivity contribution in [3.8, 4) is 0 Å². The number of morpholine rings is 1. The molecular weight excluding hydrogens is 226 g/mol. The molecule has 1 aliphatic heterocycles. The number of hydrazine groups is 1. The van der Waals surface area contributed by atoms with Gasteiger partial charge in [-0.05, 0) is 17.5 Å². The molecule has 1 aliphatic rings. The Morgan fingerprint density at radius 3 is 2.72 bits per heavy atom. The van der Waals surface area contributed by atoms with Crippen molar-refractivity contribution in [2.75, 3.05) is 32.8 Å². The highest BCUT2D eigenvalue weighted by Gasteiger charge is 2.17. The lowest BCUT2D eigenvalue weighted by molar-refractivity contribution is 0.00399. The van der Waals surface area contributed by atoms with Crippen LogP contribution in [0.4, 0.5) is 0 Å². The second-order valence-corrected chi connectivity index (χ2v) is 4.57. The zero-order chi connectivity index (χ0) is 12.8. The van der Waals surface area contributed by atoms with Crippen LogP contribution < -0.4 is 11.2 Å². The smallest absolute Gasteiger partial charge is 0.0608 e. The van der Waals surface area contributed by atoms with Crippen LogP contribution in [-0.4, -0.2) is 37.9 Å². The summed E-state index contributed by atoms with van der Waals surface area (Å²) in [7, 11) is 0. The molecule has 0 amide bonds. The molecule has 1 saturated heterocycles. The molecule has 1 atom stereocenters. The van der Waals surface area contributed by atoms with Gasteiger partial charge in [-0.3, -0.25) is 0 Å². The van der Waals surface area contributed by atoms with E-state index in [-0.39, 0.29) is 6.04 Å². The van der Waals surface area contributed by atoms with Crippen LogP contribution in [0, 0.1) is 0 Å². The van der Waals surface area contributed by atoms with E-state index in [2.05, 4.69) is 41.6 Å². The van der Waals surface area contributed by atoms with Crippen LogP contribution >= 0.6 is 0 Å². The molecule has 2 rings (SSSR count). The first kappa shape index (κ1) is 13.5. The van der Waals surface area contributed by atoms with Crippen molar-refractivity contribution in [2.24, 2.45) is 5.73 Å². The lowest BCUT2D eigenvalue weighted by atomic mass is 9.99. The molecular formula is C14H23N3O. The van der Waals surface area contributed by atoms with Gasteiger partial charge in [-0.25, -0.2) is 10.4 Å². The van der Waals surface area contributed by atoms with Crippen molar-refractivity contribution in [1.29, 1.82) is 0 Å². The first-order valence-corrected chi connectivity index (χ1v) is 6.72. The predicted octanol–water partition coefficient (Wildman–Crippen LogP) is 1.09. The fourth-order valence-corrected chi connectivity index (χ4v) is 2.36. The highest BCUT2D eigenvalue weighted by Crippen LogP contribution is 2.18. The summed E-state index contributed by atoms with van der Waals surface area (Å²) >= 11 is 0. The molecule has 0 aromatic heterocycles. The Balaban J connectivity index is 2.07. The molecule has 0 radical (unpaired) electrons. The van der Waals surface area contributed by atoms with E-state index in [4.69, 9.17) is 10.5 Å². The van der Waals surface area contributed by atoms with Gasteiger partial charge in [0, 0.05) is 19.6 Å². The monoisotopic (exact) mass is 249 g/mol. The van der Waals surface area contributed by atoms with Gasteiger partial charge >= 0.3 is 0 Å². The minimum Gasteiger partial charge on any atom is -0.379 e. The minimum atomic E-state index is 0.194. The SMILES string of the molecule is CCc1ccccc1C(CN)NN1CCOCC1. The molecule has 0 bridgehead atoms. The van der Waals surface area contributed by atoms with Gasteiger partial charge in [-0.2, -0.15) is 0 Å². The molecule has 0 aliphatic carbocycles. The molecule has 4 heteroatoms. The lowest BCUT2D eigenvalue weighted by Crippen LogP contribution is -2.48. The number of ether oxygens (including phenoxy) is 1. The number of nitrogens with zero attached hydrogens (tertiary/aromatic N) is 1. The third kappa shape index (κ3) is 3.29. The largest absolute Gasteiger partial charge is 0.379 e.